The smallest absolute Gasteiger partial charge is 0.160 e. The molecule has 0 saturated carbocycles. The van der Waals surface area contributed by atoms with Gasteiger partial charge >= 0.3 is 0 Å². The Morgan fingerprint density at radius 1 is 1.06 bits per heavy atom. The molecule has 0 amide bonds. The van der Waals surface area contributed by atoms with Crippen molar-refractivity contribution in [2.45, 2.75) is 6.42 Å². The van der Waals surface area contributed by atoms with E-state index in [1.807, 2.05) is 12.1 Å². The summed E-state index contributed by atoms with van der Waals surface area (Å²) in [7, 11) is 7.48. The van der Waals surface area contributed by atoms with E-state index in [9.17, 15) is 0 Å². The van der Waals surface area contributed by atoms with Gasteiger partial charge in [-0.3, -0.25) is 0 Å². The van der Waals surface area contributed by atoms with Gasteiger partial charge in [-0.15, -0.1) is 0 Å². The lowest BCUT2D eigenvalue weighted by molar-refractivity contribution is 0.354. The molecule has 0 saturated heterocycles. The van der Waals surface area contributed by atoms with Crippen LogP contribution in [-0.4, -0.2) is 52.8 Å². The molecule has 4 nitrogen and oxygen atoms in total. The first-order valence-electron chi connectivity index (χ1n) is 6.23. The molecule has 0 aliphatic carbocycles. The summed E-state index contributed by atoms with van der Waals surface area (Å²) in [6, 6.07) is 6.06. The molecule has 0 bridgehead atoms. The minimum atomic E-state index is 0.779. The van der Waals surface area contributed by atoms with Crippen LogP contribution >= 0.6 is 0 Å². The van der Waals surface area contributed by atoms with Gasteiger partial charge < -0.3 is 19.7 Å². The van der Waals surface area contributed by atoms with Crippen LogP contribution in [0, 0.1) is 0 Å². The number of benzene rings is 1. The monoisotopic (exact) mass is 252 g/mol. The molecule has 0 aromatic heterocycles. The Labute approximate surface area is 110 Å². The SMILES string of the molecule is COc1ccc(CCNCCN(C)C)cc1OC. The third kappa shape index (κ3) is 4.94. The van der Waals surface area contributed by atoms with E-state index >= 15 is 0 Å². The Bertz CT molecular complexity index is 354. The van der Waals surface area contributed by atoms with Crippen LogP contribution in [0.1, 0.15) is 5.56 Å². The highest BCUT2D eigenvalue weighted by molar-refractivity contribution is 5.42. The zero-order valence-electron chi connectivity index (χ0n) is 11.8. The molecule has 1 rings (SSSR count). The van der Waals surface area contributed by atoms with Crippen molar-refractivity contribution in [3.8, 4) is 11.5 Å². The minimum Gasteiger partial charge on any atom is -0.493 e. The lowest BCUT2D eigenvalue weighted by atomic mass is 10.1. The van der Waals surface area contributed by atoms with E-state index in [4.69, 9.17) is 9.47 Å². The van der Waals surface area contributed by atoms with E-state index in [0.717, 1.165) is 37.6 Å². The molecule has 0 radical (unpaired) electrons. The molecule has 0 aliphatic heterocycles. The van der Waals surface area contributed by atoms with E-state index < -0.39 is 0 Å². The zero-order valence-corrected chi connectivity index (χ0v) is 11.8. The summed E-state index contributed by atoms with van der Waals surface area (Å²) in [4.78, 5) is 2.17. The molecule has 0 heterocycles. The second kappa shape index (κ2) is 7.95. The average molecular weight is 252 g/mol. The second-order valence-electron chi connectivity index (χ2n) is 4.49. The van der Waals surface area contributed by atoms with Gasteiger partial charge in [0.1, 0.15) is 0 Å². The molecule has 4 heteroatoms. The Balaban J connectivity index is 2.38. The van der Waals surface area contributed by atoms with Crippen LogP contribution in [0.25, 0.3) is 0 Å². The summed E-state index contributed by atoms with van der Waals surface area (Å²) >= 11 is 0. The molecule has 0 atom stereocenters. The predicted molar refractivity (Wildman–Crippen MR) is 74.7 cm³/mol. The van der Waals surface area contributed by atoms with Gasteiger partial charge in [0.2, 0.25) is 0 Å². The fraction of sp³-hybridized carbons (Fsp3) is 0.571. The second-order valence-corrected chi connectivity index (χ2v) is 4.49. The van der Waals surface area contributed by atoms with Gasteiger partial charge in [-0.25, -0.2) is 0 Å². The molecule has 18 heavy (non-hydrogen) atoms. The van der Waals surface area contributed by atoms with E-state index in [2.05, 4.69) is 30.4 Å². The summed E-state index contributed by atoms with van der Waals surface area (Å²) in [5.74, 6) is 1.57. The highest BCUT2D eigenvalue weighted by Gasteiger charge is 2.04. The normalized spacial score (nSPS) is 10.7. The van der Waals surface area contributed by atoms with E-state index in [1.54, 1.807) is 14.2 Å². The van der Waals surface area contributed by atoms with Crippen molar-refractivity contribution < 1.29 is 9.47 Å². The van der Waals surface area contributed by atoms with Crippen molar-refractivity contribution in [3.05, 3.63) is 23.8 Å². The maximum atomic E-state index is 5.28. The van der Waals surface area contributed by atoms with E-state index in [-0.39, 0.29) is 0 Å². The molecule has 102 valence electrons. The summed E-state index contributed by atoms with van der Waals surface area (Å²) in [5.41, 5.74) is 1.25. The third-order valence-corrected chi connectivity index (χ3v) is 2.77. The maximum Gasteiger partial charge on any atom is 0.160 e. The first-order chi connectivity index (χ1) is 8.67. The van der Waals surface area contributed by atoms with Crippen LogP contribution in [0.5, 0.6) is 11.5 Å². The van der Waals surface area contributed by atoms with Crippen molar-refractivity contribution in [3.63, 3.8) is 0 Å². The fourth-order valence-corrected chi connectivity index (χ4v) is 1.70. The maximum absolute atomic E-state index is 5.28. The number of hydrogen-bond acceptors (Lipinski definition) is 4. The van der Waals surface area contributed by atoms with Crippen LogP contribution in [0.2, 0.25) is 0 Å². The molecular formula is C14H24N2O2. The summed E-state index contributed by atoms with van der Waals surface area (Å²) in [6.45, 7) is 3.05. The lowest BCUT2D eigenvalue weighted by Crippen LogP contribution is -2.27. The summed E-state index contributed by atoms with van der Waals surface area (Å²) < 4.78 is 10.5. The number of nitrogens with zero attached hydrogens (tertiary/aromatic N) is 1. The Morgan fingerprint density at radius 3 is 2.39 bits per heavy atom. The highest BCUT2D eigenvalue weighted by atomic mass is 16.5. The highest BCUT2D eigenvalue weighted by Crippen LogP contribution is 2.27. The molecule has 0 unspecified atom stereocenters. The molecule has 1 N–H and O–H groups in total. The predicted octanol–water partition coefficient (Wildman–Crippen LogP) is 1.40. The Hall–Kier alpha value is -1.26. The van der Waals surface area contributed by atoms with Crippen molar-refractivity contribution >= 4 is 0 Å². The number of ether oxygens (including phenoxy) is 2. The summed E-state index contributed by atoms with van der Waals surface area (Å²) in [5, 5.41) is 3.42. The Kier molecular flexibility index (Phi) is 6.54. The lowest BCUT2D eigenvalue weighted by Gasteiger charge is -2.11. The van der Waals surface area contributed by atoms with Crippen molar-refractivity contribution in [1.29, 1.82) is 0 Å². The number of nitrogens with one attached hydrogen (secondary N) is 1. The van der Waals surface area contributed by atoms with Gasteiger partial charge in [-0.2, -0.15) is 0 Å². The Morgan fingerprint density at radius 2 is 1.78 bits per heavy atom. The van der Waals surface area contributed by atoms with Crippen LogP contribution in [0.15, 0.2) is 18.2 Å². The third-order valence-electron chi connectivity index (χ3n) is 2.77. The zero-order chi connectivity index (χ0) is 13.4. The van der Waals surface area contributed by atoms with Gasteiger partial charge in [-0.1, -0.05) is 6.07 Å². The van der Waals surface area contributed by atoms with Crippen LogP contribution in [-0.2, 0) is 6.42 Å². The number of methoxy groups -OCH3 is 2. The topological polar surface area (TPSA) is 33.7 Å². The first-order valence-corrected chi connectivity index (χ1v) is 6.23. The van der Waals surface area contributed by atoms with Crippen LogP contribution < -0.4 is 14.8 Å². The van der Waals surface area contributed by atoms with Crippen LogP contribution in [0.4, 0.5) is 0 Å². The number of rotatable bonds is 8. The van der Waals surface area contributed by atoms with Crippen molar-refractivity contribution in [2.75, 3.05) is 47.9 Å². The minimum absolute atomic E-state index is 0.779. The molecule has 0 fully saturated rings. The van der Waals surface area contributed by atoms with Gasteiger partial charge in [0.05, 0.1) is 14.2 Å². The molecular weight excluding hydrogens is 228 g/mol. The molecule has 0 aliphatic rings. The largest absolute Gasteiger partial charge is 0.493 e. The number of likely N-dealkylation sites (N-methyl/N-ethyl adjacent to an activating group) is 1. The molecule has 1 aromatic carbocycles. The fourth-order valence-electron chi connectivity index (χ4n) is 1.70. The average Bonchev–Trinajstić information content (AvgIpc) is 2.37. The molecule has 0 spiro atoms. The van der Waals surface area contributed by atoms with Gasteiger partial charge in [0, 0.05) is 13.1 Å². The van der Waals surface area contributed by atoms with Gasteiger partial charge in [0.25, 0.3) is 0 Å². The van der Waals surface area contributed by atoms with Gasteiger partial charge in [0.15, 0.2) is 11.5 Å². The van der Waals surface area contributed by atoms with Crippen molar-refractivity contribution in [1.82, 2.24) is 10.2 Å². The van der Waals surface area contributed by atoms with Crippen LogP contribution in [0.3, 0.4) is 0 Å². The first kappa shape index (κ1) is 14.8. The standard InChI is InChI=1S/C14H24N2O2/c1-16(2)10-9-15-8-7-12-5-6-13(17-3)14(11-12)18-4/h5-6,11,15H,7-10H2,1-4H3. The van der Waals surface area contributed by atoms with E-state index in [0.29, 0.717) is 0 Å². The van der Waals surface area contributed by atoms with E-state index in [1.165, 1.54) is 5.56 Å². The summed E-state index contributed by atoms with van der Waals surface area (Å²) in [6.07, 6.45) is 0.994. The van der Waals surface area contributed by atoms with Crippen molar-refractivity contribution in [2.24, 2.45) is 0 Å². The van der Waals surface area contributed by atoms with Gasteiger partial charge in [-0.05, 0) is 44.8 Å². The number of hydrogen-bond donors (Lipinski definition) is 1. The quantitative estimate of drug-likeness (QED) is 0.709. The molecule has 1 aromatic rings.